The van der Waals surface area contributed by atoms with Gasteiger partial charge in [0.2, 0.25) is 5.91 Å². The molecule has 196 valence electrons. The Hall–Kier alpha value is -3.06. The van der Waals surface area contributed by atoms with Gasteiger partial charge in [-0.15, -0.1) is 0 Å². The van der Waals surface area contributed by atoms with Crippen LogP contribution < -0.4 is 10.2 Å². The number of carbonyl (C=O) groups is 2. The molecule has 0 bridgehead atoms. The van der Waals surface area contributed by atoms with Crippen molar-refractivity contribution in [2.45, 2.75) is 24.2 Å². The number of para-hydroxylation sites is 1. The fourth-order valence-corrected chi connectivity index (χ4v) is 6.34. The molecule has 0 atom stereocenters. The maximum atomic E-state index is 13.4. The van der Waals surface area contributed by atoms with Crippen molar-refractivity contribution in [3.63, 3.8) is 0 Å². The smallest absolute Gasteiger partial charge is 0.265 e. The molecule has 3 aromatic carbocycles. The number of hydrogen-bond donors (Lipinski definition) is 1. The van der Waals surface area contributed by atoms with E-state index in [9.17, 15) is 9.59 Å². The number of rotatable bonds is 8. The van der Waals surface area contributed by atoms with Gasteiger partial charge in [0.25, 0.3) is 5.91 Å². The molecule has 7 heteroatoms. The van der Waals surface area contributed by atoms with Gasteiger partial charge in [0, 0.05) is 23.0 Å². The number of fused-ring (bicyclic) bond motifs is 1. The quantitative estimate of drug-likeness (QED) is 0.359. The van der Waals surface area contributed by atoms with Gasteiger partial charge in [-0.2, -0.15) is 0 Å². The van der Waals surface area contributed by atoms with Crippen LogP contribution in [0.5, 0.6) is 0 Å². The predicted octanol–water partition coefficient (Wildman–Crippen LogP) is 5.89. The van der Waals surface area contributed by atoms with Gasteiger partial charge in [-0.1, -0.05) is 78.0 Å². The van der Waals surface area contributed by atoms with E-state index in [1.54, 1.807) is 11.0 Å². The van der Waals surface area contributed by atoms with Crippen molar-refractivity contribution in [2.75, 3.05) is 37.6 Å². The van der Waals surface area contributed by atoms with E-state index in [0.29, 0.717) is 16.5 Å². The van der Waals surface area contributed by atoms with Gasteiger partial charge >= 0.3 is 0 Å². The Labute approximate surface area is 233 Å². The number of benzene rings is 3. The third-order valence-electron chi connectivity index (χ3n) is 7.10. The molecule has 1 N–H and O–H groups in total. The molecule has 2 aliphatic rings. The molecule has 0 aliphatic carbocycles. The summed E-state index contributed by atoms with van der Waals surface area (Å²) in [6.07, 6.45) is 5.34. The monoisotopic (exact) mass is 545 g/mol. The Balaban J connectivity index is 1.14. The first-order chi connectivity index (χ1) is 18.5. The van der Waals surface area contributed by atoms with E-state index in [4.69, 9.17) is 11.6 Å². The molecule has 0 unspecified atom stereocenters. The molecule has 5 nitrogen and oxygen atoms in total. The molecule has 1 saturated heterocycles. The largest absolute Gasteiger partial charge is 0.353 e. The summed E-state index contributed by atoms with van der Waals surface area (Å²) in [5.41, 5.74) is 3.03. The van der Waals surface area contributed by atoms with Crippen LogP contribution in [0.2, 0.25) is 5.02 Å². The summed E-state index contributed by atoms with van der Waals surface area (Å²) in [6.45, 7) is 3.50. The van der Waals surface area contributed by atoms with Crippen molar-refractivity contribution in [3.8, 4) is 0 Å². The number of carbonyl (C=O) groups excluding carboxylic acids is 2. The Kier molecular flexibility index (Phi) is 8.84. The highest BCUT2D eigenvalue weighted by Gasteiger charge is 2.30. The minimum Gasteiger partial charge on any atom is -0.353 e. The average Bonchev–Trinajstić information content (AvgIpc) is 2.93. The van der Waals surface area contributed by atoms with Crippen molar-refractivity contribution in [1.82, 2.24) is 10.2 Å². The van der Waals surface area contributed by atoms with Crippen molar-refractivity contribution in [1.29, 1.82) is 0 Å². The maximum absolute atomic E-state index is 13.4. The molecular weight excluding hydrogens is 514 g/mol. The number of likely N-dealkylation sites (tertiary alicyclic amines) is 1. The van der Waals surface area contributed by atoms with E-state index < -0.39 is 0 Å². The van der Waals surface area contributed by atoms with Crippen molar-refractivity contribution in [3.05, 3.63) is 99.9 Å². The van der Waals surface area contributed by atoms with Gasteiger partial charge in [-0.3, -0.25) is 14.5 Å². The molecule has 3 aromatic rings. The number of piperidine rings is 1. The van der Waals surface area contributed by atoms with Crippen LogP contribution in [0, 0.1) is 5.92 Å². The van der Waals surface area contributed by atoms with Gasteiger partial charge in [0.1, 0.15) is 6.54 Å². The highest BCUT2D eigenvalue weighted by molar-refractivity contribution is 8.04. The first-order valence-corrected chi connectivity index (χ1v) is 14.3. The minimum atomic E-state index is -0.177. The standard InChI is InChI=1S/C31H32ClN3O2S/c32-26-10-6-9-25(20-26)21-29-31(37)35(27-11-4-5-12-28(27)38-29)22-30(36)33-15-18-34-16-13-24(14-17-34)19-23-7-2-1-3-8-23/h1-12,20-21,24H,13-19,22H2,(H,33,36)/b29-21-. The van der Waals surface area contributed by atoms with E-state index >= 15 is 0 Å². The van der Waals surface area contributed by atoms with Crippen LogP contribution in [0.3, 0.4) is 0 Å². The molecule has 5 rings (SSSR count). The Bertz CT molecular complexity index is 1310. The van der Waals surface area contributed by atoms with Crippen molar-refractivity contribution >= 4 is 46.9 Å². The summed E-state index contributed by atoms with van der Waals surface area (Å²) in [6, 6.07) is 25.8. The van der Waals surface area contributed by atoms with Gasteiger partial charge in [-0.25, -0.2) is 0 Å². The first-order valence-electron chi connectivity index (χ1n) is 13.1. The van der Waals surface area contributed by atoms with Crippen molar-refractivity contribution in [2.24, 2.45) is 5.92 Å². The van der Waals surface area contributed by atoms with Crippen LogP contribution >= 0.6 is 23.4 Å². The lowest BCUT2D eigenvalue weighted by atomic mass is 9.90. The van der Waals surface area contributed by atoms with Crippen LogP contribution in [0.25, 0.3) is 6.08 Å². The summed E-state index contributed by atoms with van der Waals surface area (Å²) in [7, 11) is 0. The number of nitrogens with one attached hydrogen (secondary N) is 1. The van der Waals surface area contributed by atoms with E-state index in [-0.39, 0.29) is 18.4 Å². The summed E-state index contributed by atoms with van der Waals surface area (Å²) in [4.78, 5) is 31.8. The predicted molar refractivity (Wildman–Crippen MR) is 156 cm³/mol. The molecule has 38 heavy (non-hydrogen) atoms. The molecule has 0 radical (unpaired) electrons. The Morgan fingerprint density at radius 3 is 2.55 bits per heavy atom. The summed E-state index contributed by atoms with van der Waals surface area (Å²) >= 11 is 7.56. The summed E-state index contributed by atoms with van der Waals surface area (Å²) < 4.78 is 0. The molecular formula is C31H32ClN3O2S. The SMILES string of the molecule is O=C(CN1C(=O)/C(=C/c2cccc(Cl)c2)Sc2ccccc21)NCCN1CCC(Cc2ccccc2)CC1. The third kappa shape index (κ3) is 6.87. The lowest BCUT2D eigenvalue weighted by molar-refractivity contribution is -0.122. The van der Waals surface area contributed by atoms with Gasteiger partial charge in [-0.05, 0) is 79.7 Å². The second kappa shape index (κ2) is 12.7. The van der Waals surface area contributed by atoms with E-state index in [1.807, 2.05) is 48.5 Å². The number of anilines is 1. The fraction of sp³-hybridized carbons (Fsp3) is 0.290. The molecule has 2 heterocycles. The van der Waals surface area contributed by atoms with Crippen LogP contribution in [0.4, 0.5) is 5.69 Å². The highest BCUT2D eigenvalue weighted by atomic mass is 35.5. The number of hydrogen-bond acceptors (Lipinski definition) is 4. The summed E-state index contributed by atoms with van der Waals surface area (Å²) in [5.74, 6) is 0.394. The minimum absolute atomic E-state index is 0.0115. The van der Waals surface area contributed by atoms with E-state index in [0.717, 1.165) is 48.1 Å². The van der Waals surface area contributed by atoms with E-state index in [1.165, 1.54) is 30.2 Å². The fourth-order valence-electron chi connectivity index (χ4n) is 5.08. The zero-order chi connectivity index (χ0) is 26.3. The second-order valence-electron chi connectivity index (χ2n) is 9.85. The normalized spacial score (nSPS) is 17.4. The molecule has 0 spiro atoms. The molecule has 0 aromatic heterocycles. The van der Waals surface area contributed by atoms with Gasteiger partial charge in [0.05, 0.1) is 10.6 Å². The lowest BCUT2D eigenvalue weighted by Crippen LogP contribution is -2.45. The summed E-state index contributed by atoms with van der Waals surface area (Å²) in [5, 5.41) is 3.65. The molecule has 0 saturated carbocycles. The van der Waals surface area contributed by atoms with E-state index in [2.05, 4.69) is 40.5 Å². The van der Waals surface area contributed by atoms with Crippen LogP contribution in [-0.2, 0) is 16.0 Å². The van der Waals surface area contributed by atoms with Gasteiger partial charge in [0.15, 0.2) is 0 Å². The Morgan fingerprint density at radius 2 is 1.76 bits per heavy atom. The number of halogens is 1. The topological polar surface area (TPSA) is 52.7 Å². The second-order valence-corrected chi connectivity index (χ2v) is 11.4. The zero-order valence-corrected chi connectivity index (χ0v) is 22.9. The first kappa shape index (κ1) is 26.5. The number of amides is 2. The lowest BCUT2D eigenvalue weighted by Gasteiger charge is -2.32. The number of thioether (sulfide) groups is 1. The van der Waals surface area contributed by atoms with Crippen molar-refractivity contribution < 1.29 is 9.59 Å². The van der Waals surface area contributed by atoms with Crippen LogP contribution in [-0.4, -0.2) is 49.4 Å². The van der Waals surface area contributed by atoms with Crippen LogP contribution in [0.15, 0.2) is 88.7 Å². The number of nitrogens with zero attached hydrogens (tertiary/aromatic N) is 2. The molecule has 2 amide bonds. The highest BCUT2D eigenvalue weighted by Crippen LogP contribution is 2.42. The maximum Gasteiger partial charge on any atom is 0.265 e. The average molecular weight is 546 g/mol. The zero-order valence-electron chi connectivity index (χ0n) is 21.3. The van der Waals surface area contributed by atoms with Crippen LogP contribution in [0.1, 0.15) is 24.0 Å². The third-order valence-corrected chi connectivity index (χ3v) is 8.42. The molecule has 1 fully saturated rings. The van der Waals surface area contributed by atoms with Gasteiger partial charge < -0.3 is 10.2 Å². The Morgan fingerprint density at radius 1 is 1.00 bits per heavy atom. The molecule has 2 aliphatic heterocycles.